The Labute approximate surface area is 74.4 Å². The Morgan fingerprint density at radius 3 is 3.23 bits per heavy atom. The van der Waals surface area contributed by atoms with Crippen LogP contribution in [-0.2, 0) is 0 Å². The molecule has 2 heterocycles. The van der Waals surface area contributed by atoms with Gasteiger partial charge in [0.2, 0.25) is 0 Å². The maximum atomic E-state index is 5.50. The molecule has 2 aromatic heterocycles. The fourth-order valence-corrected chi connectivity index (χ4v) is 1.65. The van der Waals surface area contributed by atoms with Gasteiger partial charge in [-0.15, -0.1) is 0 Å². The first-order chi connectivity index (χ1) is 6.34. The Morgan fingerprint density at radius 1 is 1.38 bits per heavy atom. The van der Waals surface area contributed by atoms with Crippen molar-refractivity contribution in [2.24, 2.45) is 0 Å². The van der Waals surface area contributed by atoms with Gasteiger partial charge in [-0.3, -0.25) is 5.10 Å². The van der Waals surface area contributed by atoms with Crippen molar-refractivity contribution in [2.45, 2.75) is 6.92 Å². The van der Waals surface area contributed by atoms with Gasteiger partial charge in [0.1, 0.15) is 11.3 Å². The zero-order valence-corrected chi connectivity index (χ0v) is 7.16. The molecule has 0 saturated heterocycles. The Balaban J connectivity index is 2.64. The Kier molecular flexibility index (Phi) is 1.10. The summed E-state index contributed by atoms with van der Waals surface area (Å²) in [5.41, 5.74) is 1.96. The molecule has 0 saturated carbocycles. The minimum absolute atomic E-state index is 0.911. The van der Waals surface area contributed by atoms with Crippen LogP contribution < -0.4 is 0 Å². The number of furan rings is 1. The number of H-pyrrole nitrogens is 1. The van der Waals surface area contributed by atoms with Gasteiger partial charge < -0.3 is 4.42 Å². The van der Waals surface area contributed by atoms with Gasteiger partial charge in [-0.25, -0.2) is 0 Å². The van der Waals surface area contributed by atoms with E-state index in [1.54, 1.807) is 0 Å². The minimum atomic E-state index is 0.911. The van der Waals surface area contributed by atoms with Gasteiger partial charge in [-0.2, -0.15) is 5.10 Å². The number of aromatic amines is 1. The Bertz CT molecular complexity index is 577. The van der Waals surface area contributed by atoms with Crippen LogP contribution in [0.5, 0.6) is 0 Å². The Morgan fingerprint density at radius 2 is 2.31 bits per heavy atom. The molecule has 0 fully saturated rings. The quantitative estimate of drug-likeness (QED) is 0.566. The molecular formula is C10H8N2O. The first-order valence-electron chi connectivity index (χ1n) is 4.17. The number of rotatable bonds is 0. The van der Waals surface area contributed by atoms with Gasteiger partial charge in [-0.05, 0) is 25.1 Å². The summed E-state index contributed by atoms with van der Waals surface area (Å²) in [7, 11) is 0. The predicted molar refractivity (Wildman–Crippen MR) is 50.6 cm³/mol. The van der Waals surface area contributed by atoms with Crippen LogP contribution >= 0.6 is 0 Å². The van der Waals surface area contributed by atoms with E-state index in [0.29, 0.717) is 0 Å². The van der Waals surface area contributed by atoms with E-state index < -0.39 is 0 Å². The van der Waals surface area contributed by atoms with Crippen LogP contribution in [0.15, 0.2) is 28.8 Å². The predicted octanol–water partition coefficient (Wildman–Crippen LogP) is 2.62. The zero-order chi connectivity index (χ0) is 8.84. The molecule has 0 aliphatic heterocycles. The summed E-state index contributed by atoms with van der Waals surface area (Å²) in [6.07, 6.45) is 1.82. The summed E-state index contributed by atoms with van der Waals surface area (Å²) in [5, 5.41) is 9.18. The molecule has 1 N–H and O–H groups in total. The van der Waals surface area contributed by atoms with Gasteiger partial charge in [0.25, 0.3) is 0 Å². The van der Waals surface area contributed by atoms with E-state index in [1.807, 2.05) is 31.3 Å². The second-order valence-corrected chi connectivity index (χ2v) is 3.17. The third-order valence-electron chi connectivity index (χ3n) is 2.24. The number of aromatic nitrogens is 2. The highest BCUT2D eigenvalue weighted by Crippen LogP contribution is 2.25. The van der Waals surface area contributed by atoms with Crippen molar-refractivity contribution in [3.05, 3.63) is 30.2 Å². The lowest BCUT2D eigenvalue weighted by Crippen LogP contribution is -1.69. The molecule has 0 spiro atoms. The highest BCUT2D eigenvalue weighted by molar-refractivity contribution is 6.03. The van der Waals surface area contributed by atoms with Crippen molar-refractivity contribution in [1.29, 1.82) is 0 Å². The molecular weight excluding hydrogens is 164 g/mol. The Hall–Kier alpha value is -1.77. The van der Waals surface area contributed by atoms with Crippen LogP contribution in [0.25, 0.3) is 21.9 Å². The molecule has 0 bridgehead atoms. The largest absolute Gasteiger partial charge is 0.461 e. The van der Waals surface area contributed by atoms with Crippen molar-refractivity contribution < 1.29 is 4.42 Å². The normalized spacial score (nSPS) is 11.5. The lowest BCUT2D eigenvalue weighted by atomic mass is 10.2. The van der Waals surface area contributed by atoms with E-state index in [0.717, 1.165) is 27.6 Å². The van der Waals surface area contributed by atoms with Crippen LogP contribution in [0.3, 0.4) is 0 Å². The molecule has 3 nitrogen and oxygen atoms in total. The van der Waals surface area contributed by atoms with Crippen molar-refractivity contribution in [3.8, 4) is 0 Å². The van der Waals surface area contributed by atoms with Gasteiger partial charge in [0, 0.05) is 10.8 Å². The maximum absolute atomic E-state index is 5.50. The summed E-state index contributed by atoms with van der Waals surface area (Å²) in [6.45, 7) is 1.95. The molecule has 0 aliphatic carbocycles. The molecule has 0 atom stereocenters. The van der Waals surface area contributed by atoms with Crippen LogP contribution in [0, 0.1) is 6.92 Å². The topological polar surface area (TPSA) is 41.8 Å². The summed E-state index contributed by atoms with van der Waals surface area (Å²) < 4.78 is 5.50. The minimum Gasteiger partial charge on any atom is -0.461 e. The van der Waals surface area contributed by atoms with E-state index >= 15 is 0 Å². The van der Waals surface area contributed by atoms with Crippen molar-refractivity contribution >= 4 is 21.9 Å². The number of hydrogen-bond donors (Lipinski definition) is 1. The number of nitrogens with one attached hydrogen (secondary N) is 1. The summed E-state index contributed by atoms with van der Waals surface area (Å²) >= 11 is 0. The SMILES string of the molecule is Cc1cc2c(ccc3cn[nH]c32)o1. The molecule has 0 amide bonds. The fourth-order valence-electron chi connectivity index (χ4n) is 1.65. The first-order valence-corrected chi connectivity index (χ1v) is 4.17. The van der Waals surface area contributed by atoms with Crippen molar-refractivity contribution in [3.63, 3.8) is 0 Å². The van der Waals surface area contributed by atoms with Crippen LogP contribution in [0.4, 0.5) is 0 Å². The van der Waals surface area contributed by atoms with Crippen LogP contribution in [0.2, 0.25) is 0 Å². The van der Waals surface area contributed by atoms with Crippen molar-refractivity contribution in [2.75, 3.05) is 0 Å². The van der Waals surface area contributed by atoms with Crippen LogP contribution in [-0.4, -0.2) is 10.2 Å². The molecule has 13 heavy (non-hydrogen) atoms. The average molecular weight is 172 g/mol. The summed E-state index contributed by atoms with van der Waals surface area (Å²) in [4.78, 5) is 0. The van der Waals surface area contributed by atoms with Crippen molar-refractivity contribution in [1.82, 2.24) is 10.2 Å². The monoisotopic (exact) mass is 172 g/mol. The maximum Gasteiger partial charge on any atom is 0.136 e. The fraction of sp³-hybridized carbons (Fsp3) is 0.100. The molecule has 64 valence electrons. The van der Waals surface area contributed by atoms with E-state index in [2.05, 4.69) is 10.2 Å². The highest BCUT2D eigenvalue weighted by Gasteiger charge is 2.05. The van der Waals surface area contributed by atoms with E-state index in [-0.39, 0.29) is 0 Å². The highest BCUT2D eigenvalue weighted by atomic mass is 16.3. The summed E-state index contributed by atoms with van der Waals surface area (Å²) in [6, 6.07) is 6.00. The van der Waals surface area contributed by atoms with Gasteiger partial charge >= 0.3 is 0 Å². The number of benzene rings is 1. The number of aryl methyl sites for hydroxylation is 1. The lowest BCUT2D eigenvalue weighted by molar-refractivity contribution is 0.579. The molecule has 0 unspecified atom stereocenters. The summed E-state index contributed by atoms with van der Waals surface area (Å²) in [5.74, 6) is 0.928. The number of hydrogen-bond acceptors (Lipinski definition) is 2. The lowest BCUT2D eigenvalue weighted by Gasteiger charge is -1.88. The van der Waals surface area contributed by atoms with E-state index in [9.17, 15) is 0 Å². The number of nitrogens with zero attached hydrogens (tertiary/aromatic N) is 1. The molecule has 3 aromatic rings. The second kappa shape index (κ2) is 2.13. The second-order valence-electron chi connectivity index (χ2n) is 3.17. The number of fused-ring (bicyclic) bond motifs is 3. The van der Waals surface area contributed by atoms with E-state index in [1.165, 1.54) is 0 Å². The third-order valence-corrected chi connectivity index (χ3v) is 2.24. The average Bonchev–Trinajstić information content (AvgIpc) is 2.65. The van der Waals surface area contributed by atoms with Gasteiger partial charge in [0.15, 0.2) is 0 Å². The van der Waals surface area contributed by atoms with E-state index in [4.69, 9.17) is 4.42 Å². The molecule has 0 radical (unpaired) electrons. The standard InChI is InChI=1S/C10H8N2O/c1-6-4-8-9(13-6)3-2-7-5-11-12-10(7)8/h2-5H,1H3,(H,11,12). The molecule has 3 heteroatoms. The first kappa shape index (κ1) is 6.71. The van der Waals surface area contributed by atoms with Crippen LogP contribution in [0.1, 0.15) is 5.76 Å². The molecule has 1 aromatic carbocycles. The zero-order valence-electron chi connectivity index (χ0n) is 7.16. The van der Waals surface area contributed by atoms with Gasteiger partial charge in [0.05, 0.1) is 11.7 Å². The third kappa shape index (κ3) is 0.811. The molecule has 3 rings (SSSR count). The smallest absolute Gasteiger partial charge is 0.136 e. The molecule has 0 aliphatic rings. The van der Waals surface area contributed by atoms with Gasteiger partial charge in [-0.1, -0.05) is 0 Å².